The molecule has 1 fully saturated rings. The van der Waals surface area contributed by atoms with Gasteiger partial charge in [0.25, 0.3) is 5.56 Å². The SMILES string of the molecule is CC(c1ccc(C#N)cc1)n1nc(C#N)c2c(=O)[nH]c(C3CCC3c3ncccn3)nc21. The number of hydrogen-bond donors (Lipinski definition) is 1. The van der Waals surface area contributed by atoms with Crippen molar-refractivity contribution in [3.63, 3.8) is 0 Å². The lowest BCUT2D eigenvalue weighted by atomic mass is 9.72. The van der Waals surface area contributed by atoms with Crippen LogP contribution in [0.2, 0.25) is 0 Å². The first-order valence-corrected chi connectivity index (χ1v) is 10.3. The lowest BCUT2D eigenvalue weighted by molar-refractivity contribution is 0.319. The zero-order valence-electron chi connectivity index (χ0n) is 17.2. The predicted octanol–water partition coefficient (Wildman–Crippen LogP) is 2.92. The number of nitrogens with zero attached hydrogens (tertiary/aromatic N) is 7. The summed E-state index contributed by atoms with van der Waals surface area (Å²) in [5.74, 6) is 1.38. The Kier molecular flexibility index (Phi) is 4.72. The normalized spacial score (nSPS) is 18.5. The summed E-state index contributed by atoms with van der Waals surface area (Å²) in [4.78, 5) is 29.3. The third kappa shape index (κ3) is 3.12. The van der Waals surface area contributed by atoms with Crippen LogP contribution in [0.25, 0.3) is 11.0 Å². The maximum absolute atomic E-state index is 13.0. The topological polar surface area (TPSA) is 137 Å². The Labute approximate surface area is 183 Å². The Bertz CT molecular complexity index is 1440. The van der Waals surface area contributed by atoms with Gasteiger partial charge in [0, 0.05) is 24.2 Å². The molecular weight excluding hydrogens is 404 g/mol. The minimum atomic E-state index is -0.376. The molecule has 4 aromatic rings. The van der Waals surface area contributed by atoms with Crippen LogP contribution < -0.4 is 5.56 Å². The van der Waals surface area contributed by atoms with E-state index in [1.165, 1.54) is 0 Å². The van der Waals surface area contributed by atoms with E-state index in [4.69, 9.17) is 10.2 Å². The highest BCUT2D eigenvalue weighted by molar-refractivity contribution is 5.80. The van der Waals surface area contributed by atoms with Crippen LogP contribution in [0.1, 0.15) is 66.1 Å². The lowest BCUT2D eigenvalue weighted by Crippen LogP contribution is -2.28. The molecule has 3 unspecified atom stereocenters. The molecule has 3 heterocycles. The van der Waals surface area contributed by atoms with E-state index in [2.05, 4.69) is 26.1 Å². The second-order valence-electron chi connectivity index (χ2n) is 7.86. The molecule has 9 nitrogen and oxygen atoms in total. The van der Waals surface area contributed by atoms with Crippen molar-refractivity contribution in [3.8, 4) is 12.1 Å². The largest absolute Gasteiger partial charge is 0.310 e. The molecule has 1 N–H and O–H groups in total. The van der Waals surface area contributed by atoms with Gasteiger partial charge in [0.1, 0.15) is 23.1 Å². The maximum atomic E-state index is 13.0. The summed E-state index contributed by atoms with van der Waals surface area (Å²) in [5.41, 5.74) is 1.48. The smallest absolute Gasteiger partial charge is 0.263 e. The third-order valence-corrected chi connectivity index (χ3v) is 6.12. The Morgan fingerprint density at radius 3 is 2.44 bits per heavy atom. The second-order valence-corrected chi connectivity index (χ2v) is 7.86. The highest BCUT2D eigenvalue weighted by atomic mass is 16.1. The van der Waals surface area contributed by atoms with Gasteiger partial charge < -0.3 is 4.98 Å². The molecule has 1 aromatic carbocycles. The summed E-state index contributed by atoms with van der Waals surface area (Å²) in [6.07, 6.45) is 5.21. The fourth-order valence-electron chi connectivity index (χ4n) is 4.20. The Morgan fingerprint density at radius 1 is 1.09 bits per heavy atom. The number of fused-ring (bicyclic) bond motifs is 1. The lowest BCUT2D eigenvalue weighted by Gasteiger charge is -2.34. The Balaban J connectivity index is 1.60. The number of hydrogen-bond acceptors (Lipinski definition) is 7. The molecular formula is C23H18N8O. The summed E-state index contributed by atoms with van der Waals surface area (Å²) in [7, 11) is 0. The van der Waals surface area contributed by atoms with E-state index in [9.17, 15) is 10.1 Å². The number of aromatic amines is 1. The molecule has 1 saturated carbocycles. The first-order valence-electron chi connectivity index (χ1n) is 10.3. The van der Waals surface area contributed by atoms with E-state index < -0.39 is 0 Å². The fourth-order valence-corrected chi connectivity index (χ4v) is 4.20. The highest BCUT2D eigenvalue weighted by Gasteiger charge is 2.37. The van der Waals surface area contributed by atoms with E-state index >= 15 is 0 Å². The number of benzene rings is 1. The van der Waals surface area contributed by atoms with Gasteiger partial charge in [0.05, 0.1) is 17.7 Å². The van der Waals surface area contributed by atoms with Gasteiger partial charge in [0.2, 0.25) is 0 Å². The minimum Gasteiger partial charge on any atom is -0.310 e. The third-order valence-electron chi connectivity index (χ3n) is 6.12. The van der Waals surface area contributed by atoms with E-state index in [1.807, 2.05) is 25.1 Å². The van der Waals surface area contributed by atoms with Gasteiger partial charge in [-0.15, -0.1) is 0 Å². The molecule has 3 atom stereocenters. The molecule has 32 heavy (non-hydrogen) atoms. The van der Waals surface area contributed by atoms with Gasteiger partial charge >= 0.3 is 0 Å². The molecule has 9 heteroatoms. The molecule has 1 aliphatic rings. The van der Waals surface area contributed by atoms with Crippen molar-refractivity contribution in [1.29, 1.82) is 10.5 Å². The summed E-state index contributed by atoms with van der Waals surface area (Å²) in [5, 5.41) is 23.2. The number of aromatic nitrogens is 6. The summed E-state index contributed by atoms with van der Waals surface area (Å²) in [6, 6.07) is 12.7. The first kappa shape index (κ1) is 19.6. The average Bonchev–Trinajstić information content (AvgIpc) is 3.18. The van der Waals surface area contributed by atoms with Gasteiger partial charge in [-0.2, -0.15) is 15.6 Å². The molecule has 0 radical (unpaired) electrons. The zero-order valence-corrected chi connectivity index (χ0v) is 17.2. The van der Waals surface area contributed by atoms with Crippen molar-refractivity contribution in [2.45, 2.75) is 37.6 Å². The maximum Gasteiger partial charge on any atom is 0.263 e. The average molecular weight is 422 g/mol. The van der Waals surface area contributed by atoms with Crippen molar-refractivity contribution >= 4 is 11.0 Å². The molecule has 156 valence electrons. The van der Waals surface area contributed by atoms with Crippen LogP contribution in [-0.4, -0.2) is 29.7 Å². The van der Waals surface area contributed by atoms with Crippen LogP contribution in [0, 0.1) is 22.7 Å². The summed E-state index contributed by atoms with van der Waals surface area (Å²) >= 11 is 0. The molecule has 0 bridgehead atoms. The number of nitriles is 2. The fraction of sp³-hybridized carbons (Fsp3) is 0.261. The molecule has 0 saturated heterocycles. The van der Waals surface area contributed by atoms with Crippen molar-refractivity contribution in [1.82, 2.24) is 29.7 Å². The first-order chi connectivity index (χ1) is 15.6. The molecule has 0 spiro atoms. The van der Waals surface area contributed by atoms with Crippen LogP contribution in [-0.2, 0) is 0 Å². The van der Waals surface area contributed by atoms with E-state index in [-0.39, 0.29) is 34.5 Å². The van der Waals surface area contributed by atoms with Crippen LogP contribution in [0.3, 0.4) is 0 Å². The van der Waals surface area contributed by atoms with E-state index in [0.717, 1.165) is 24.2 Å². The monoisotopic (exact) mass is 422 g/mol. The minimum absolute atomic E-state index is 0.00592. The number of rotatable bonds is 4. The van der Waals surface area contributed by atoms with Crippen LogP contribution in [0.4, 0.5) is 0 Å². The van der Waals surface area contributed by atoms with Crippen LogP contribution in [0.15, 0.2) is 47.5 Å². The van der Waals surface area contributed by atoms with Gasteiger partial charge in [-0.05, 0) is 43.5 Å². The van der Waals surface area contributed by atoms with Crippen molar-refractivity contribution in [2.24, 2.45) is 0 Å². The molecule has 3 aromatic heterocycles. The molecule has 5 rings (SSSR count). The highest BCUT2D eigenvalue weighted by Crippen LogP contribution is 2.46. The predicted molar refractivity (Wildman–Crippen MR) is 115 cm³/mol. The zero-order chi connectivity index (χ0) is 22.2. The van der Waals surface area contributed by atoms with Gasteiger partial charge in [-0.25, -0.2) is 19.6 Å². The van der Waals surface area contributed by atoms with E-state index in [0.29, 0.717) is 17.0 Å². The Hall–Kier alpha value is -4.37. The Morgan fingerprint density at radius 2 is 1.81 bits per heavy atom. The second kappa shape index (κ2) is 7.71. The summed E-state index contributed by atoms with van der Waals surface area (Å²) in [6.45, 7) is 1.92. The molecule has 0 aliphatic heterocycles. The van der Waals surface area contributed by atoms with Crippen molar-refractivity contribution in [3.05, 3.63) is 81.5 Å². The van der Waals surface area contributed by atoms with Gasteiger partial charge in [-0.3, -0.25) is 4.79 Å². The molecule has 1 aliphatic carbocycles. The van der Waals surface area contributed by atoms with Gasteiger partial charge in [0.15, 0.2) is 11.3 Å². The summed E-state index contributed by atoms with van der Waals surface area (Å²) < 4.78 is 1.61. The quantitative estimate of drug-likeness (QED) is 0.534. The van der Waals surface area contributed by atoms with Crippen molar-refractivity contribution in [2.75, 3.05) is 0 Å². The van der Waals surface area contributed by atoms with Crippen LogP contribution in [0.5, 0.6) is 0 Å². The van der Waals surface area contributed by atoms with Gasteiger partial charge in [-0.1, -0.05) is 12.1 Å². The van der Waals surface area contributed by atoms with E-state index in [1.54, 1.807) is 35.3 Å². The standard InChI is InChI=1S/C23H18N8O/c1-13(15-5-3-14(11-24)4-6-15)31-22-19(18(12-25)30-31)23(32)29-21(28-22)17-8-7-16(17)20-26-9-2-10-27-20/h2-6,9-10,13,16-17H,7-8H2,1H3,(H,28,29,32). The molecule has 0 amide bonds. The van der Waals surface area contributed by atoms with Crippen LogP contribution >= 0.6 is 0 Å². The van der Waals surface area contributed by atoms with Crippen molar-refractivity contribution < 1.29 is 0 Å². The number of H-pyrrole nitrogens is 1. The number of nitrogens with one attached hydrogen (secondary N) is 1.